The SMILES string of the molecule is O=C(NCc1cn(-c2ccccc2)nc1-c1ccccc1)[C@H]1CCCO1. The Kier molecular flexibility index (Phi) is 4.80. The Labute approximate surface area is 152 Å². The second-order valence-corrected chi connectivity index (χ2v) is 6.37. The molecule has 1 aliphatic heterocycles. The number of carbonyl (C=O) groups excluding carboxylic acids is 1. The first-order valence-electron chi connectivity index (χ1n) is 8.90. The van der Waals surface area contributed by atoms with Gasteiger partial charge in [-0.05, 0) is 25.0 Å². The number of ether oxygens (including phenoxy) is 1. The number of nitrogens with one attached hydrogen (secondary N) is 1. The molecule has 5 heteroatoms. The maximum absolute atomic E-state index is 12.3. The summed E-state index contributed by atoms with van der Waals surface area (Å²) < 4.78 is 7.32. The average Bonchev–Trinajstić information content (AvgIpc) is 3.38. The predicted molar refractivity (Wildman–Crippen MR) is 99.8 cm³/mol. The van der Waals surface area contributed by atoms with Crippen LogP contribution in [0.5, 0.6) is 0 Å². The van der Waals surface area contributed by atoms with Crippen LogP contribution in [-0.2, 0) is 16.1 Å². The minimum atomic E-state index is -0.320. The summed E-state index contributed by atoms with van der Waals surface area (Å²) in [6.07, 6.45) is 3.40. The molecule has 4 rings (SSSR count). The Hall–Kier alpha value is -2.92. The number of amides is 1. The fourth-order valence-electron chi connectivity index (χ4n) is 3.17. The molecule has 1 atom stereocenters. The molecule has 1 amide bonds. The van der Waals surface area contributed by atoms with E-state index in [9.17, 15) is 4.79 Å². The van der Waals surface area contributed by atoms with Gasteiger partial charge in [0.05, 0.1) is 11.4 Å². The number of nitrogens with zero attached hydrogens (tertiary/aromatic N) is 2. The predicted octanol–water partition coefficient (Wildman–Crippen LogP) is 3.33. The van der Waals surface area contributed by atoms with E-state index in [0.29, 0.717) is 13.2 Å². The second-order valence-electron chi connectivity index (χ2n) is 6.37. The molecule has 0 aliphatic carbocycles. The summed E-state index contributed by atoms with van der Waals surface area (Å²) in [4.78, 5) is 12.3. The lowest BCUT2D eigenvalue weighted by Crippen LogP contribution is -2.33. The molecular weight excluding hydrogens is 326 g/mol. The van der Waals surface area contributed by atoms with E-state index in [0.717, 1.165) is 35.3 Å². The highest BCUT2D eigenvalue weighted by Crippen LogP contribution is 2.23. The van der Waals surface area contributed by atoms with Crippen LogP contribution in [0.15, 0.2) is 66.9 Å². The molecule has 1 fully saturated rings. The van der Waals surface area contributed by atoms with E-state index in [1.807, 2.05) is 71.5 Å². The number of aromatic nitrogens is 2. The highest BCUT2D eigenvalue weighted by molar-refractivity contribution is 5.81. The summed E-state index contributed by atoms with van der Waals surface area (Å²) in [5.74, 6) is -0.0472. The zero-order chi connectivity index (χ0) is 17.8. The number of hydrogen-bond acceptors (Lipinski definition) is 3. The van der Waals surface area contributed by atoms with Crippen molar-refractivity contribution in [3.63, 3.8) is 0 Å². The molecule has 1 aromatic heterocycles. The van der Waals surface area contributed by atoms with Gasteiger partial charge in [-0.2, -0.15) is 5.10 Å². The van der Waals surface area contributed by atoms with Crippen LogP contribution in [0.1, 0.15) is 18.4 Å². The topological polar surface area (TPSA) is 56.2 Å². The van der Waals surface area contributed by atoms with E-state index in [4.69, 9.17) is 9.84 Å². The van der Waals surface area contributed by atoms with Gasteiger partial charge < -0.3 is 10.1 Å². The highest BCUT2D eigenvalue weighted by atomic mass is 16.5. The third kappa shape index (κ3) is 3.53. The first kappa shape index (κ1) is 16.5. The van der Waals surface area contributed by atoms with Crippen LogP contribution >= 0.6 is 0 Å². The molecule has 0 radical (unpaired) electrons. The van der Waals surface area contributed by atoms with Gasteiger partial charge in [-0.1, -0.05) is 48.5 Å². The zero-order valence-electron chi connectivity index (χ0n) is 14.5. The number of hydrogen-bond donors (Lipinski definition) is 1. The number of benzene rings is 2. The number of rotatable bonds is 5. The first-order chi connectivity index (χ1) is 12.8. The van der Waals surface area contributed by atoms with Gasteiger partial charge in [-0.3, -0.25) is 4.79 Å². The molecule has 26 heavy (non-hydrogen) atoms. The van der Waals surface area contributed by atoms with Gasteiger partial charge in [0.25, 0.3) is 0 Å². The van der Waals surface area contributed by atoms with Gasteiger partial charge in [0.15, 0.2) is 0 Å². The summed E-state index contributed by atoms with van der Waals surface area (Å²) >= 11 is 0. The van der Waals surface area contributed by atoms with Crippen LogP contribution in [0.3, 0.4) is 0 Å². The highest BCUT2D eigenvalue weighted by Gasteiger charge is 2.23. The number of para-hydroxylation sites is 1. The van der Waals surface area contributed by atoms with Crippen molar-refractivity contribution in [1.29, 1.82) is 0 Å². The fraction of sp³-hybridized carbons (Fsp3) is 0.238. The molecule has 2 aromatic carbocycles. The molecule has 2 heterocycles. The van der Waals surface area contributed by atoms with E-state index in [1.54, 1.807) is 0 Å². The molecule has 0 bridgehead atoms. The Bertz CT molecular complexity index is 869. The van der Waals surface area contributed by atoms with Crippen molar-refractivity contribution >= 4 is 5.91 Å². The summed E-state index contributed by atoms with van der Waals surface area (Å²) in [5.41, 5.74) is 3.87. The molecule has 1 saturated heterocycles. The largest absolute Gasteiger partial charge is 0.368 e. The van der Waals surface area contributed by atoms with Gasteiger partial charge in [0.2, 0.25) is 5.91 Å². The molecule has 3 aromatic rings. The lowest BCUT2D eigenvalue weighted by Gasteiger charge is -2.10. The van der Waals surface area contributed by atoms with Crippen LogP contribution in [-0.4, -0.2) is 28.4 Å². The first-order valence-corrected chi connectivity index (χ1v) is 8.90. The van der Waals surface area contributed by atoms with Gasteiger partial charge >= 0.3 is 0 Å². The third-order valence-electron chi connectivity index (χ3n) is 4.53. The van der Waals surface area contributed by atoms with Crippen molar-refractivity contribution in [1.82, 2.24) is 15.1 Å². The minimum absolute atomic E-state index is 0.0472. The molecule has 0 saturated carbocycles. The Morgan fingerprint density at radius 2 is 1.85 bits per heavy atom. The third-order valence-corrected chi connectivity index (χ3v) is 4.53. The molecule has 1 aliphatic rings. The normalized spacial score (nSPS) is 16.5. The summed E-state index contributed by atoms with van der Waals surface area (Å²) in [6, 6.07) is 20.0. The summed E-state index contributed by atoms with van der Waals surface area (Å²) in [5, 5.41) is 7.76. The quantitative estimate of drug-likeness (QED) is 0.770. The Morgan fingerprint density at radius 3 is 2.54 bits per heavy atom. The molecule has 0 spiro atoms. The van der Waals surface area contributed by atoms with Crippen molar-refractivity contribution in [2.24, 2.45) is 0 Å². The fourth-order valence-corrected chi connectivity index (χ4v) is 3.17. The van der Waals surface area contributed by atoms with Crippen molar-refractivity contribution in [3.8, 4) is 16.9 Å². The van der Waals surface area contributed by atoms with Gasteiger partial charge in [-0.25, -0.2) is 4.68 Å². The zero-order valence-corrected chi connectivity index (χ0v) is 14.5. The summed E-state index contributed by atoms with van der Waals surface area (Å²) in [7, 11) is 0. The monoisotopic (exact) mass is 347 g/mol. The van der Waals surface area contributed by atoms with Crippen LogP contribution in [0.4, 0.5) is 0 Å². The van der Waals surface area contributed by atoms with Gasteiger partial charge in [-0.15, -0.1) is 0 Å². The summed E-state index contributed by atoms with van der Waals surface area (Å²) in [6.45, 7) is 1.09. The maximum Gasteiger partial charge on any atom is 0.249 e. The molecule has 5 nitrogen and oxygen atoms in total. The molecule has 0 unspecified atom stereocenters. The Balaban J connectivity index is 1.61. The number of carbonyl (C=O) groups is 1. The van der Waals surface area contributed by atoms with Crippen molar-refractivity contribution < 1.29 is 9.53 Å². The van der Waals surface area contributed by atoms with E-state index in [2.05, 4.69) is 5.32 Å². The van der Waals surface area contributed by atoms with E-state index < -0.39 is 0 Å². The van der Waals surface area contributed by atoms with Crippen LogP contribution < -0.4 is 5.32 Å². The van der Waals surface area contributed by atoms with Crippen molar-refractivity contribution in [3.05, 3.63) is 72.4 Å². The standard InChI is InChI=1S/C21H21N3O2/c25-21(19-12-7-13-26-19)22-14-17-15-24(18-10-5-2-6-11-18)23-20(17)16-8-3-1-4-9-16/h1-6,8-11,15,19H,7,12-14H2,(H,22,25)/t19-/m1/s1. The van der Waals surface area contributed by atoms with E-state index in [1.165, 1.54) is 0 Å². The van der Waals surface area contributed by atoms with Gasteiger partial charge in [0, 0.05) is 30.5 Å². The van der Waals surface area contributed by atoms with Crippen LogP contribution in [0.2, 0.25) is 0 Å². The van der Waals surface area contributed by atoms with E-state index in [-0.39, 0.29) is 12.0 Å². The Morgan fingerprint density at radius 1 is 1.12 bits per heavy atom. The lowest BCUT2D eigenvalue weighted by atomic mass is 10.1. The molecule has 132 valence electrons. The van der Waals surface area contributed by atoms with Gasteiger partial charge in [0.1, 0.15) is 6.10 Å². The van der Waals surface area contributed by atoms with E-state index >= 15 is 0 Å². The maximum atomic E-state index is 12.3. The van der Waals surface area contributed by atoms with Crippen molar-refractivity contribution in [2.75, 3.05) is 6.61 Å². The molecular formula is C21H21N3O2. The van der Waals surface area contributed by atoms with Crippen LogP contribution in [0, 0.1) is 0 Å². The van der Waals surface area contributed by atoms with Crippen LogP contribution in [0.25, 0.3) is 16.9 Å². The average molecular weight is 347 g/mol. The van der Waals surface area contributed by atoms with Crippen molar-refractivity contribution in [2.45, 2.75) is 25.5 Å². The smallest absolute Gasteiger partial charge is 0.249 e. The second kappa shape index (κ2) is 7.54. The lowest BCUT2D eigenvalue weighted by molar-refractivity contribution is -0.130. The molecule has 1 N–H and O–H groups in total. The minimum Gasteiger partial charge on any atom is -0.368 e.